The Balaban J connectivity index is 2.19. The van der Waals surface area contributed by atoms with Crippen molar-refractivity contribution in [3.8, 4) is 0 Å². The number of thiazole rings is 1. The van der Waals surface area contributed by atoms with E-state index in [-0.39, 0.29) is 4.90 Å². The largest absolute Gasteiger partial charge is 0.263 e. The van der Waals surface area contributed by atoms with Crippen LogP contribution in [0.2, 0.25) is 0 Å². The molecule has 0 bridgehead atoms. The maximum Gasteiger partial charge on any atom is 0.263 e. The van der Waals surface area contributed by atoms with Gasteiger partial charge in [-0.25, -0.2) is 13.4 Å². The number of hydrogen-bond acceptors (Lipinski definition) is 4. The molecule has 0 radical (unpaired) electrons. The first-order valence-electron chi connectivity index (χ1n) is 5.30. The average Bonchev–Trinajstić information content (AvgIpc) is 2.75. The third kappa shape index (κ3) is 3.92. The minimum Gasteiger partial charge on any atom is -0.255 e. The van der Waals surface area contributed by atoms with Crippen LogP contribution in [0.25, 0.3) is 0 Å². The van der Waals surface area contributed by atoms with Crippen LogP contribution in [0, 0.1) is 0 Å². The molecule has 8 heteroatoms. The summed E-state index contributed by atoms with van der Waals surface area (Å²) in [7, 11) is -3.59. The fourth-order valence-corrected chi connectivity index (χ4v) is 3.99. The molecule has 1 aromatic heterocycles. The van der Waals surface area contributed by atoms with Crippen LogP contribution in [-0.2, 0) is 16.4 Å². The van der Waals surface area contributed by atoms with Gasteiger partial charge in [0.15, 0.2) is 5.13 Å². The molecule has 0 saturated carbocycles. The first-order chi connectivity index (χ1) is 9.01. The minimum atomic E-state index is -3.59. The fraction of sp³-hybridized carbons (Fsp3) is 0.182. The zero-order valence-electron chi connectivity index (χ0n) is 9.64. The SMILES string of the molecule is O=S(=O)(Nc1ncc(Br)s1)c1ccc(CCCl)cc1. The predicted molar refractivity (Wildman–Crippen MR) is 81.5 cm³/mol. The van der Waals surface area contributed by atoms with Gasteiger partial charge < -0.3 is 0 Å². The Kier molecular flexibility index (Phi) is 4.83. The first-order valence-corrected chi connectivity index (χ1v) is 8.93. The minimum absolute atomic E-state index is 0.206. The van der Waals surface area contributed by atoms with Crippen molar-refractivity contribution in [2.75, 3.05) is 10.6 Å². The number of rotatable bonds is 5. The van der Waals surface area contributed by atoms with Gasteiger partial charge in [0.2, 0.25) is 0 Å². The second-order valence-electron chi connectivity index (χ2n) is 3.66. The molecule has 2 rings (SSSR count). The number of hydrogen-bond donors (Lipinski definition) is 1. The summed E-state index contributed by atoms with van der Waals surface area (Å²) in [6.07, 6.45) is 2.26. The van der Waals surface area contributed by atoms with Gasteiger partial charge in [0.25, 0.3) is 10.0 Å². The zero-order chi connectivity index (χ0) is 13.9. The molecular formula is C11H10BrClN2O2S2. The highest BCUT2D eigenvalue weighted by molar-refractivity contribution is 9.11. The van der Waals surface area contributed by atoms with Crippen molar-refractivity contribution >= 4 is 54.0 Å². The Bertz CT molecular complexity index is 656. The summed E-state index contributed by atoms with van der Waals surface area (Å²) in [6, 6.07) is 6.64. The van der Waals surface area contributed by atoms with Crippen molar-refractivity contribution in [3.63, 3.8) is 0 Å². The van der Waals surface area contributed by atoms with Gasteiger partial charge in [-0.2, -0.15) is 0 Å². The second-order valence-corrected chi connectivity index (χ2v) is 8.13. The Morgan fingerprint density at radius 3 is 2.53 bits per heavy atom. The van der Waals surface area contributed by atoms with Gasteiger partial charge in [-0.1, -0.05) is 23.5 Å². The lowest BCUT2D eigenvalue weighted by Crippen LogP contribution is -2.12. The topological polar surface area (TPSA) is 59.1 Å². The molecule has 0 unspecified atom stereocenters. The predicted octanol–water partition coefficient (Wildman–Crippen LogP) is 3.49. The Hall–Kier alpha value is -0.630. The molecule has 0 aliphatic carbocycles. The molecular weight excluding hydrogens is 372 g/mol. The maximum atomic E-state index is 12.1. The van der Waals surface area contributed by atoms with Crippen LogP contribution in [-0.4, -0.2) is 19.3 Å². The summed E-state index contributed by atoms with van der Waals surface area (Å²) in [4.78, 5) is 4.14. The van der Waals surface area contributed by atoms with E-state index in [2.05, 4.69) is 25.6 Å². The van der Waals surface area contributed by atoms with Crippen LogP contribution in [0.15, 0.2) is 39.1 Å². The number of nitrogens with one attached hydrogen (secondary N) is 1. The molecule has 0 aliphatic heterocycles. The maximum absolute atomic E-state index is 12.1. The Labute approximate surface area is 129 Å². The van der Waals surface area contributed by atoms with Crippen LogP contribution >= 0.6 is 38.9 Å². The summed E-state index contributed by atoms with van der Waals surface area (Å²) in [6.45, 7) is 0. The number of aryl methyl sites for hydroxylation is 1. The normalized spacial score (nSPS) is 11.5. The summed E-state index contributed by atoms with van der Waals surface area (Å²) in [5, 5.41) is 0.330. The van der Waals surface area contributed by atoms with E-state index in [1.807, 2.05) is 0 Å². The number of aromatic nitrogens is 1. The molecule has 0 fully saturated rings. The molecule has 4 nitrogen and oxygen atoms in total. The van der Waals surface area contributed by atoms with Crippen molar-refractivity contribution in [1.82, 2.24) is 4.98 Å². The molecule has 0 aliphatic rings. The van der Waals surface area contributed by atoms with E-state index < -0.39 is 10.0 Å². The molecule has 1 N–H and O–H groups in total. The van der Waals surface area contributed by atoms with Crippen LogP contribution in [0.1, 0.15) is 5.56 Å². The van der Waals surface area contributed by atoms with Gasteiger partial charge in [0.1, 0.15) is 0 Å². The van der Waals surface area contributed by atoms with Crippen LogP contribution in [0.5, 0.6) is 0 Å². The van der Waals surface area contributed by atoms with E-state index >= 15 is 0 Å². The number of nitrogens with zero attached hydrogens (tertiary/aromatic N) is 1. The standard InChI is InChI=1S/C11H10BrClN2O2S2/c12-10-7-14-11(18-10)15-19(16,17)9-3-1-8(2-4-9)5-6-13/h1-4,7H,5-6H2,(H,14,15). The molecule has 0 spiro atoms. The van der Waals surface area contributed by atoms with Crippen LogP contribution in [0.3, 0.4) is 0 Å². The smallest absolute Gasteiger partial charge is 0.255 e. The number of alkyl halides is 1. The number of sulfonamides is 1. The third-order valence-corrected chi connectivity index (χ3v) is 5.38. The number of anilines is 1. The van der Waals surface area contributed by atoms with E-state index in [1.165, 1.54) is 11.3 Å². The van der Waals surface area contributed by atoms with Gasteiger partial charge in [0.05, 0.1) is 14.9 Å². The van der Waals surface area contributed by atoms with E-state index in [4.69, 9.17) is 11.6 Å². The van der Waals surface area contributed by atoms with Gasteiger partial charge >= 0.3 is 0 Å². The monoisotopic (exact) mass is 380 g/mol. The highest BCUT2D eigenvalue weighted by Crippen LogP contribution is 2.25. The van der Waals surface area contributed by atoms with Crippen molar-refractivity contribution in [1.29, 1.82) is 0 Å². The Morgan fingerprint density at radius 1 is 1.32 bits per heavy atom. The quantitative estimate of drug-likeness (QED) is 0.807. The molecule has 1 aromatic carbocycles. The summed E-state index contributed by atoms with van der Waals surface area (Å²) < 4.78 is 27.4. The fourth-order valence-electron chi connectivity index (χ4n) is 1.42. The lowest BCUT2D eigenvalue weighted by atomic mass is 10.2. The molecule has 0 atom stereocenters. The molecule has 102 valence electrons. The Morgan fingerprint density at radius 2 is 2.00 bits per heavy atom. The van der Waals surface area contributed by atoms with Crippen molar-refractivity contribution < 1.29 is 8.42 Å². The molecule has 19 heavy (non-hydrogen) atoms. The van der Waals surface area contributed by atoms with E-state index in [0.717, 1.165) is 15.8 Å². The van der Waals surface area contributed by atoms with E-state index in [1.54, 1.807) is 30.5 Å². The van der Waals surface area contributed by atoms with Gasteiger partial charge in [-0.15, -0.1) is 11.6 Å². The average molecular weight is 382 g/mol. The zero-order valence-corrected chi connectivity index (χ0v) is 13.6. The molecule has 2 aromatic rings. The lowest BCUT2D eigenvalue weighted by Gasteiger charge is -2.05. The highest BCUT2D eigenvalue weighted by atomic mass is 79.9. The number of benzene rings is 1. The second kappa shape index (κ2) is 6.21. The van der Waals surface area contributed by atoms with Crippen molar-refractivity contribution in [2.24, 2.45) is 0 Å². The highest BCUT2D eigenvalue weighted by Gasteiger charge is 2.15. The molecule has 0 saturated heterocycles. The van der Waals surface area contributed by atoms with Gasteiger partial charge in [-0.05, 0) is 40.0 Å². The summed E-state index contributed by atoms with van der Waals surface area (Å²) in [5.74, 6) is 0.511. The third-order valence-electron chi connectivity index (χ3n) is 2.32. The lowest BCUT2D eigenvalue weighted by molar-refractivity contribution is 0.601. The van der Waals surface area contributed by atoms with E-state index in [0.29, 0.717) is 11.0 Å². The number of halogens is 2. The van der Waals surface area contributed by atoms with Crippen LogP contribution < -0.4 is 4.72 Å². The van der Waals surface area contributed by atoms with Crippen molar-refractivity contribution in [3.05, 3.63) is 39.8 Å². The summed E-state index contributed by atoms with van der Waals surface area (Å²) in [5.41, 5.74) is 1.01. The van der Waals surface area contributed by atoms with Gasteiger partial charge in [-0.3, -0.25) is 4.72 Å². The first kappa shape index (κ1) is 14.8. The van der Waals surface area contributed by atoms with Crippen molar-refractivity contribution in [2.45, 2.75) is 11.3 Å². The van der Waals surface area contributed by atoms with E-state index in [9.17, 15) is 8.42 Å². The summed E-state index contributed by atoms with van der Waals surface area (Å²) >= 11 is 10.1. The molecule has 1 heterocycles. The van der Waals surface area contributed by atoms with Gasteiger partial charge in [0, 0.05) is 5.88 Å². The molecule has 0 amide bonds. The van der Waals surface area contributed by atoms with Crippen LogP contribution in [0.4, 0.5) is 5.13 Å².